The number of carbonyl (C=O) groups excluding carboxylic acids is 1. The summed E-state index contributed by atoms with van der Waals surface area (Å²) in [5.41, 5.74) is 2.25. The quantitative estimate of drug-likeness (QED) is 0.588. The Morgan fingerprint density at radius 3 is 2.29 bits per heavy atom. The van der Waals surface area contributed by atoms with Gasteiger partial charge in [0.05, 0.1) is 32.8 Å². The average molecular weight is 490 g/mol. The minimum atomic E-state index is -3.71. The second kappa shape index (κ2) is 10.1. The molecule has 0 N–H and O–H groups in total. The fraction of sp³-hybridized carbons (Fsp3) is 0.458. The summed E-state index contributed by atoms with van der Waals surface area (Å²) in [6, 6.07) is 10.5. The number of piperazine rings is 1. The number of aryl methyl sites for hydroxylation is 1. The summed E-state index contributed by atoms with van der Waals surface area (Å²) >= 11 is 0. The Kier molecular flexibility index (Phi) is 7.18. The maximum absolute atomic E-state index is 13.1. The maximum Gasteiger partial charge on any atom is 0.243 e. The van der Waals surface area contributed by atoms with Crippen molar-refractivity contribution in [2.45, 2.75) is 17.7 Å². The Labute approximate surface area is 200 Å². The van der Waals surface area contributed by atoms with Crippen molar-refractivity contribution in [3.63, 3.8) is 0 Å². The first-order valence-electron chi connectivity index (χ1n) is 11.3. The number of benzene rings is 2. The van der Waals surface area contributed by atoms with Gasteiger partial charge in [-0.25, -0.2) is 8.42 Å². The minimum Gasteiger partial charge on any atom is -0.497 e. The zero-order valence-corrected chi connectivity index (χ0v) is 20.6. The van der Waals surface area contributed by atoms with Crippen molar-refractivity contribution in [1.82, 2.24) is 9.21 Å². The number of fused-ring (bicyclic) bond motifs is 1. The van der Waals surface area contributed by atoms with Crippen molar-refractivity contribution in [3.8, 4) is 17.2 Å². The number of rotatable bonds is 7. The van der Waals surface area contributed by atoms with Crippen LogP contribution in [0.15, 0.2) is 41.3 Å². The molecule has 34 heavy (non-hydrogen) atoms. The minimum absolute atomic E-state index is 0.00633. The van der Waals surface area contributed by atoms with Gasteiger partial charge in [0.1, 0.15) is 5.75 Å². The molecule has 0 aliphatic carbocycles. The third kappa shape index (κ3) is 4.78. The molecule has 2 aromatic carbocycles. The van der Waals surface area contributed by atoms with Crippen molar-refractivity contribution in [1.29, 1.82) is 0 Å². The van der Waals surface area contributed by atoms with Gasteiger partial charge in [0, 0.05) is 44.5 Å². The Morgan fingerprint density at radius 2 is 1.62 bits per heavy atom. The molecule has 0 unspecified atom stereocenters. The van der Waals surface area contributed by atoms with Gasteiger partial charge in [0.25, 0.3) is 0 Å². The average Bonchev–Trinajstić information content (AvgIpc) is 2.88. The second-order valence-corrected chi connectivity index (χ2v) is 10.3. The van der Waals surface area contributed by atoms with Crippen LogP contribution in [0.4, 0.5) is 5.69 Å². The molecule has 1 amide bonds. The number of methoxy groups -OCH3 is 3. The van der Waals surface area contributed by atoms with E-state index in [4.69, 9.17) is 14.2 Å². The van der Waals surface area contributed by atoms with Gasteiger partial charge >= 0.3 is 0 Å². The summed E-state index contributed by atoms with van der Waals surface area (Å²) < 4.78 is 43.5. The lowest BCUT2D eigenvalue weighted by Crippen LogP contribution is -2.52. The molecule has 2 aromatic rings. The molecular formula is C24H31N3O6S. The fourth-order valence-electron chi connectivity index (χ4n) is 4.51. The predicted molar refractivity (Wildman–Crippen MR) is 128 cm³/mol. The Hall–Kier alpha value is -2.98. The molecule has 2 aliphatic rings. The molecule has 1 fully saturated rings. The van der Waals surface area contributed by atoms with E-state index in [2.05, 4.69) is 4.90 Å². The molecule has 10 heteroatoms. The molecule has 0 aromatic heterocycles. The van der Waals surface area contributed by atoms with Gasteiger partial charge in [-0.1, -0.05) is 0 Å². The van der Waals surface area contributed by atoms with Gasteiger partial charge in [-0.15, -0.1) is 0 Å². The van der Waals surface area contributed by atoms with E-state index in [9.17, 15) is 13.2 Å². The zero-order valence-electron chi connectivity index (χ0n) is 19.8. The summed E-state index contributed by atoms with van der Waals surface area (Å²) in [6.07, 6.45) is 1.94. The van der Waals surface area contributed by atoms with Gasteiger partial charge in [0.15, 0.2) is 11.5 Å². The van der Waals surface area contributed by atoms with Gasteiger partial charge in [-0.3, -0.25) is 4.79 Å². The van der Waals surface area contributed by atoms with Crippen molar-refractivity contribution in [2.75, 3.05) is 65.5 Å². The lowest BCUT2D eigenvalue weighted by atomic mass is 10.0. The van der Waals surface area contributed by atoms with Crippen LogP contribution in [0.25, 0.3) is 0 Å². The number of sulfonamides is 1. The molecule has 4 rings (SSSR count). The molecule has 0 atom stereocenters. The third-order valence-electron chi connectivity index (χ3n) is 6.41. The predicted octanol–water partition coefficient (Wildman–Crippen LogP) is 2.00. The number of carbonyl (C=O) groups is 1. The lowest BCUT2D eigenvalue weighted by Gasteiger charge is -2.37. The van der Waals surface area contributed by atoms with Crippen molar-refractivity contribution in [3.05, 3.63) is 42.0 Å². The molecular weight excluding hydrogens is 458 g/mol. The van der Waals surface area contributed by atoms with Gasteiger partial charge in [0.2, 0.25) is 15.9 Å². The molecule has 184 valence electrons. The zero-order chi connectivity index (χ0) is 24.3. The van der Waals surface area contributed by atoms with Crippen molar-refractivity contribution >= 4 is 21.6 Å². The highest BCUT2D eigenvalue weighted by molar-refractivity contribution is 7.89. The lowest BCUT2D eigenvalue weighted by molar-refractivity contribution is -0.130. The van der Waals surface area contributed by atoms with E-state index < -0.39 is 10.0 Å². The van der Waals surface area contributed by atoms with Gasteiger partial charge < -0.3 is 24.0 Å². The van der Waals surface area contributed by atoms with E-state index in [-0.39, 0.29) is 30.4 Å². The van der Waals surface area contributed by atoms with Crippen molar-refractivity contribution in [2.24, 2.45) is 0 Å². The fourth-order valence-corrected chi connectivity index (χ4v) is 5.95. The molecule has 9 nitrogen and oxygen atoms in total. The number of nitrogens with zero attached hydrogens (tertiary/aromatic N) is 3. The number of hydrogen-bond donors (Lipinski definition) is 0. The Morgan fingerprint density at radius 1 is 0.882 bits per heavy atom. The molecule has 2 aliphatic heterocycles. The highest BCUT2D eigenvalue weighted by Crippen LogP contribution is 2.32. The largest absolute Gasteiger partial charge is 0.497 e. The number of anilines is 1. The van der Waals surface area contributed by atoms with Crippen LogP contribution in [-0.2, 0) is 21.2 Å². The normalized spacial score (nSPS) is 16.7. The van der Waals surface area contributed by atoms with Crippen LogP contribution in [-0.4, -0.2) is 84.1 Å². The van der Waals surface area contributed by atoms with Gasteiger partial charge in [-0.05, 0) is 48.7 Å². The highest BCUT2D eigenvalue weighted by Gasteiger charge is 2.31. The van der Waals surface area contributed by atoms with E-state index in [0.717, 1.165) is 30.8 Å². The standard InChI is InChI=1S/C24H31N3O6S/c1-31-19-6-8-21-18(15-19)5-4-10-26(21)17-24(28)25-11-13-27(14-12-25)34(29,30)20-7-9-22(32-2)23(16-20)33-3/h6-9,15-16H,4-5,10-14,17H2,1-3H3. The molecule has 2 heterocycles. The first-order valence-corrected chi connectivity index (χ1v) is 12.7. The number of hydrogen-bond acceptors (Lipinski definition) is 7. The second-order valence-electron chi connectivity index (χ2n) is 8.32. The molecule has 0 radical (unpaired) electrons. The van der Waals surface area contributed by atoms with Crippen LogP contribution >= 0.6 is 0 Å². The monoisotopic (exact) mass is 489 g/mol. The number of amides is 1. The summed E-state index contributed by atoms with van der Waals surface area (Å²) in [5.74, 6) is 1.65. The van der Waals surface area contributed by atoms with E-state index in [1.54, 1.807) is 18.1 Å². The first-order chi connectivity index (χ1) is 16.4. The highest BCUT2D eigenvalue weighted by atomic mass is 32.2. The molecule has 0 spiro atoms. The van der Waals surface area contributed by atoms with Crippen LogP contribution in [0.5, 0.6) is 17.2 Å². The summed E-state index contributed by atoms with van der Waals surface area (Å²) in [4.78, 5) is 17.0. The van der Waals surface area contributed by atoms with Crippen LogP contribution in [0.3, 0.4) is 0 Å². The Bertz CT molecular complexity index is 1150. The van der Waals surface area contributed by atoms with Crippen LogP contribution in [0.2, 0.25) is 0 Å². The summed E-state index contributed by atoms with van der Waals surface area (Å²) in [5, 5.41) is 0. The number of ether oxygens (including phenoxy) is 3. The SMILES string of the molecule is COc1ccc2c(c1)CCCN2CC(=O)N1CCN(S(=O)(=O)c2ccc(OC)c(OC)c2)CC1. The maximum atomic E-state index is 13.1. The van der Waals surface area contributed by atoms with Crippen LogP contribution in [0.1, 0.15) is 12.0 Å². The molecule has 0 bridgehead atoms. The summed E-state index contributed by atoms with van der Waals surface area (Å²) in [6.45, 7) is 2.30. The smallest absolute Gasteiger partial charge is 0.243 e. The van der Waals surface area contributed by atoms with Crippen LogP contribution in [0, 0.1) is 0 Å². The molecule has 1 saturated heterocycles. The Balaban J connectivity index is 1.39. The van der Waals surface area contributed by atoms with Gasteiger partial charge in [-0.2, -0.15) is 4.31 Å². The van der Waals surface area contributed by atoms with Crippen LogP contribution < -0.4 is 19.1 Å². The van der Waals surface area contributed by atoms with Crippen molar-refractivity contribution < 1.29 is 27.4 Å². The van der Waals surface area contributed by atoms with E-state index >= 15 is 0 Å². The summed E-state index contributed by atoms with van der Waals surface area (Å²) in [7, 11) is 0.914. The van der Waals surface area contributed by atoms with E-state index in [1.165, 1.54) is 36.2 Å². The van der Waals surface area contributed by atoms with E-state index in [1.807, 2.05) is 18.2 Å². The molecule has 0 saturated carbocycles. The third-order valence-corrected chi connectivity index (χ3v) is 8.31. The first kappa shape index (κ1) is 24.2. The van der Waals surface area contributed by atoms with E-state index in [0.29, 0.717) is 24.6 Å². The topological polar surface area (TPSA) is 88.6 Å².